The van der Waals surface area contributed by atoms with Gasteiger partial charge < -0.3 is 0 Å². The lowest BCUT2D eigenvalue weighted by Gasteiger charge is -2.09. The molecule has 0 atom stereocenters. The van der Waals surface area contributed by atoms with Crippen LogP contribution in [0.25, 0.3) is 16.9 Å². The Kier molecular flexibility index (Phi) is 3.45. The van der Waals surface area contributed by atoms with Crippen LogP contribution in [0.4, 0.5) is 0 Å². The van der Waals surface area contributed by atoms with Gasteiger partial charge in [0.15, 0.2) is 5.65 Å². The minimum atomic E-state index is 0.362. The number of aryl methyl sites for hydroxylation is 1. The lowest BCUT2D eigenvalue weighted by atomic mass is 10.2. The molecular formula is C14H11ClIN3. The third kappa shape index (κ3) is 2.12. The number of nitrogens with zero attached hydrogens (tertiary/aromatic N) is 3. The predicted molar refractivity (Wildman–Crippen MR) is 85.9 cm³/mol. The first-order valence-corrected chi connectivity index (χ1v) is 7.47. The van der Waals surface area contributed by atoms with Crippen molar-refractivity contribution in [2.24, 2.45) is 0 Å². The number of aromatic nitrogens is 3. The monoisotopic (exact) mass is 383 g/mol. The first-order valence-electron chi connectivity index (χ1n) is 5.86. The zero-order valence-electron chi connectivity index (χ0n) is 10.3. The van der Waals surface area contributed by atoms with Crippen molar-refractivity contribution in [2.45, 2.75) is 12.8 Å². The quantitative estimate of drug-likeness (QED) is 0.493. The molecule has 2 aromatic heterocycles. The zero-order chi connectivity index (χ0) is 13.4. The van der Waals surface area contributed by atoms with E-state index in [4.69, 9.17) is 11.6 Å². The number of imidazole rings is 1. The second kappa shape index (κ2) is 5.09. The van der Waals surface area contributed by atoms with Crippen LogP contribution in [0, 0.1) is 10.5 Å². The third-order valence-electron chi connectivity index (χ3n) is 3.03. The number of halogens is 2. The summed E-state index contributed by atoms with van der Waals surface area (Å²) in [6.07, 6.45) is 1.81. The molecule has 0 aliphatic rings. The Hall–Kier alpha value is -1.14. The molecule has 0 amide bonds. The van der Waals surface area contributed by atoms with Crippen LogP contribution >= 0.6 is 34.2 Å². The molecule has 1 aromatic carbocycles. The van der Waals surface area contributed by atoms with Crippen LogP contribution in [-0.2, 0) is 5.88 Å². The van der Waals surface area contributed by atoms with Crippen molar-refractivity contribution in [3.8, 4) is 5.69 Å². The predicted octanol–water partition coefficient (Wildman–Crippen LogP) is 4.07. The van der Waals surface area contributed by atoms with Crippen molar-refractivity contribution in [1.82, 2.24) is 14.5 Å². The van der Waals surface area contributed by atoms with E-state index < -0.39 is 0 Å². The molecular weight excluding hydrogens is 373 g/mol. The van der Waals surface area contributed by atoms with Crippen LogP contribution in [0.3, 0.4) is 0 Å². The van der Waals surface area contributed by atoms with E-state index in [-0.39, 0.29) is 0 Å². The standard InChI is InChI=1S/C14H11ClIN3/c1-9-6-7-17-14-13(9)18-12(8-15)19(14)11-5-3-2-4-10(11)16/h2-7H,8H2,1H3. The summed E-state index contributed by atoms with van der Waals surface area (Å²) in [6, 6.07) is 10.1. The molecule has 0 fully saturated rings. The minimum Gasteiger partial charge on any atom is -0.279 e. The van der Waals surface area contributed by atoms with E-state index >= 15 is 0 Å². The molecule has 2 heterocycles. The topological polar surface area (TPSA) is 30.7 Å². The summed E-state index contributed by atoms with van der Waals surface area (Å²) in [5.74, 6) is 1.18. The van der Waals surface area contributed by atoms with E-state index in [9.17, 15) is 0 Å². The molecule has 3 rings (SSSR count). The number of rotatable bonds is 2. The van der Waals surface area contributed by atoms with Gasteiger partial charge in [-0.05, 0) is 53.3 Å². The van der Waals surface area contributed by atoms with E-state index in [0.29, 0.717) is 5.88 Å². The van der Waals surface area contributed by atoms with Gasteiger partial charge in [-0.2, -0.15) is 0 Å². The van der Waals surface area contributed by atoms with Crippen LogP contribution in [0.2, 0.25) is 0 Å². The van der Waals surface area contributed by atoms with E-state index in [1.165, 1.54) is 0 Å². The van der Waals surface area contributed by atoms with E-state index in [1.54, 1.807) is 0 Å². The second-order valence-corrected chi connectivity index (χ2v) is 5.68. The molecule has 3 nitrogen and oxygen atoms in total. The van der Waals surface area contributed by atoms with Crippen molar-refractivity contribution in [2.75, 3.05) is 0 Å². The summed E-state index contributed by atoms with van der Waals surface area (Å²) >= 11 is 8.36. The minimum absolute atomic E-state index is 0.362. The van der Waals surface area contributed by atoms with Gasteiger partial charge in [-0.1, -0.05) is 12.1 Å². The fourth-order valence-corrected chi connectivity index (χ4v) is 2.92. The molecule has 0 unspecified atom stereocenters. The van der Waals surface area contributed by atoms with Crippen molar-refractivity contribution >= 4 is 45.4 Å². The van der Waals surface area contributed by atoms with Crippen molar-refractivity contribution < 1.29 is 0 Å². The van der Waals surface area contributed by atoms with Crippen molar-refractivity contribution in [3.63, 3.8) is 0 Å². The lowest BCUT2D eigenvalue weighted by Crippen LogP contribution is -2.02. The first kappa shape index (κ1) is 12.9. The number of hydrogen-bond acceptors (Lipinski definition) is 2. The van der Waals surface area contributed by atoms with Gasteiger partial charge in [0.2, 0.25) is 0 Å². The molecule has 0 saturated carbocycles. The van der Waals surface area contributed by atoms with Gasteiger partial charge >= 0.3 is 0 Å². The average molecular weight is 384 g/mol. The summed E-state index contributed by atoms with van der Waals surface area (Å²) < 4.78 is 3.19. The molecule has 0 radical (unpaired) electrons. The van der Waals surface area contributed by atoms with Crippen LogP contribution < -0.4 is 0 Å². The number of benzene rings is 1. The summed E-state index contributed by atoms with van der Waals surface area (Å²) in [5, 5.41) is 0. The van der Waals surface area contributed by atoms with E-state index in [0.717, 1.165) is 31.8 Å². The summed E-state index contributed by atoms with van der Waals surface area (Å²) in [6.45, 7) is 2.04. The van der Waals surface area contributed by atoms with Crippen molar-refractivity contribution in [3.05, 3.63) is 51.5 Å². The number of pyridine rings is 1. The highest BCUT2D eigenvalue weighted by atomic mass is 127. The Morgan fingerprint density at radius 1 is 1.26 bits per heavy atom. The number of fused-ring (bicyclic) bond motifs is 1. The molecule has 5 heteroatoms. The third-order valence-corrected chi connectivity index (χ3v) is 4.18. The Morgan fingerprint density at radius 3 is 2.79 bits per heavy atom. The molecule has 0 bridgehead atoms. The van der Waals surface area contributed by atoms with Crippen LogP contribution in [0.5, 0.6) is 0 Å². The number of hydrogen-bond donors (Lipinski definition) is 0. The number of alkyl halides is 1. The van der Waals surface area contributed by atoms with E-state index in [2.05, 4.69) is 44.7 Å². The summed E-state index contributed by atoms with van der Waals surface area (Å²) in [4.78, 5) is 9.08. The van der Waals surface area contributed by atoms with Gasteiger partial charge in [0, 0.05) is 9.77 Å². The number of para-hydroxylation sites is 1. The SMILES string of the molecule is Cc1ccnc2c1nc(CCl)n2-c1ccccc1I. The Bertz CT molecular complexity index is 752. The molecule has 96 valence electrons. The summed E-state index contributed by atoms with van der Waals surface area (Å²) in [7, 11) is 0. The van der Waals surface area contributed by atoms with Crippen LogP contribution in [0.1, 0.15) is 11.4 Å². The maximum Gasteiger partial charge on any atom is 0.165 e. The Labute approximate surface area is 129 Å². The smallest absolute Gasteiger partial charge is 0.165 e. The highest BCUT2D eigenvalue weighted by Gasteiger charge is 2.15. The molecule has 0 N–H and O–H groups in total. The Morgan fingerprint density at radius 2 is 2.05 bits per heavy atom. The van der Waals surface area contributed by atoms with Gasteiger partial charge in [-0.25, -0.2) is 9.97 Å². The van der Waals surface area contributed by atoms with E-state index in [1.807, 2.05) is 35.9 Å². The molecule has 19 heavy (non-hydrogen) atoms. The largest absolute Gasteiger partial charge is 0.279 e. The van der Waals surface area contributed by atoms with Gasteiger partial charge in [0.25, 0.3) is 0 Å². The lowest BCUT2D eigenvalue weighted by molar-refractivity contribution is 0.965. The fourth-order valence-electron chi connectivity index (χ4n) is 2.12. The van der Waals surface area contributed by atoms with Gasteiger partial charge in [0.1, 0.15) is 11.3 Å². The maximum atomic E-state index is 6.04. The van der Waals surface area contributed by atoms with Gasteiger partial charge in [-0.15, -0.1) is 11.6 Å². The average Bonchev–Trinajstić information content (AvgIpc) is 2.79. The Balaban J connectivity index is 2.40. The van der Waals surface area contributed by atoms with Gasteiger partial charge in [-0.3, -0.25) is 4.57 Å². The highest BCUT2D eigenvalue weighted by Crippen LogP contribution is 2.25. The molecule has 0 aliphatic carbocycles. The first-order chi connectivity index (χ1) is 9.22. The molecule has 0 spiro atoms. The maximum absolute atomic E-state index is 6.04. The van der Waals surface area contributed by atoms with Crippen molar-refractivity contribution in [1.29, 1.82) is 0 Å². The highest BCUT2D eigenvalue weighted by molar-refractivity contribution is 14.1. The zero-order valence-corrected chi connectivity index (χ0v) is 13.2. The van der Waals surface area contributed by atoms with Gasteiger partial charge in [0.05, 0.1) is 11.6 Å². The molecule has 0 aliphatic heterocycles. The molecule has 3 aromatic rings. The van der Waals surface area contributed by atoms with Crippen LogP contribution in [-0.4, -0.2) is 14.5 Å². The molecule has 0 saturated heterocycles. The van der Waals surface area contributed by atoms with Crippen LogP contribution in [0.15, 0.2) is 36.5 Å². The fraction of sp³-hybridized carbons (Fsp3) is 0.143. The summed E-state index contributed by atoms with van der Waals surface area (Å²) in [5.41, 5.74) is 3.96. The normalized spacial score (nSPS) is 11.1. The second-order valence-electron chi connectivity index (χ2n) is 4.25.